The quantitative estimate of drug-likeness (QED) is 0.607. The van der Waals surface area contributed by atoms with Crippen molar-refractivity contribution < 1.29 is 5.11 Å². The Morgan fingerprint density at radius 2 is 2.54 bits per heavy atom. The van der Waals surface area contributed by atoms with Gasteiger partial charge >= 0.3 is 0 Å². The van der Waals surface area contributed by atoms with Crippen LogP contribution < -0.4 is 0 Å². The summed E-state index contributed by atoms with van der Waals surface area (Å²) in [5.74, 6) is 5.46. The number of nitrogens with one attached hydrogen (secondary N) is 1. The fourth-order valence-electron chi connectivity index (χ4n) is 0.761. The summed E-state index contributed by atoms with van der Waals surface area (Å²) in [5.41, 5.74) is 0.793. The highest BCUT2D eigenvalue weighted by Gasteiger charge is 1.99. The molecule has 66 valence electrons. The zero-order chi connectivity index (χ0) is 9.68. The zero-order valence-electron chi connectivity index (χ0n) is 7.20. The van der Waals surface area contributed by atoms with Crippen LogP contribution in [0.4, 0.5) is 0 Å². The summed E-state index contributed by atoms with van der Waals surface area (Å²) in [7, 11) is 0. The van der Waals surface area contributed by atoms with Gasteiger partial charge in [-0.15, -0.1) is 0 Å². The van der Waals surface area contributed by atoms with Crippen molar-refractivity contribution in [1.82, 2.24) is 9.97 Å². The molecule has 0 fully saturated rings. The first-order chi connectivity index (χ1) is 6.24. The molecule has 1 aromatic rings. The maximum Gasteiger partial charge on any atom is 0.174 e. The molecule has 0 aliphatic heterocycles. The van der Waals surface area contributed by atoms with Gasteiger partial charge in [-0.05, 0) is 12.8 Å². The fourth-order valence-corrected chi connectivity index (χ4v) is 0.761. The molecule has 4 nitrogen and oxygen atoms in total. The topological polar surface area (TPSA) is 72.7 Å². The van der Waals surface area contributed by atoms with Gasteiger partial charge in [0.05, 0.1) is 12.4 Å². The molecule has 0 aromatic carbocycles. The number of imidazole rings is 1. The summed E-state index contributed by atoms with van der Waals surface area (Å²) >= 11 is 0. The summed E-state index contributed by atoms with van der Waals surface area (Å²) in [4.78, 5) is 6.49. The average Bonchev–Trinajstić information content (AvgIpc) is 2.51. The molecule has 1 rings (SSSR count). The second-order valence-corrected chi connectivity index (χ2v) is 2.59. The minimum Gasteiger partial charge on any atom is -0.392 e. The fraction of sp³-hybridized carbons (Fsp3) is 0.333. The first kappa shape index (κ1) is 9.31. The highest BCUT2D eigenvalue weighted by atomic mass is 16.3. The Kier molecular flexibility index (Phi) is 3.08. The van der Waals surface area contributed by atoms with Gasteiger partial charge in [-0.3, -0.25) is 0 Å². The van der Waals surface area contributed by atoms with E-state index in [0.717, 1.165) is 0 Å². The van der Waals surface area contributed by atoms with Gasteiger partial charge in [0.1, 0.15) is 11.8 Å². The lowest BCUT2D eigenvalue weighted by molar-refractivity contribution is 0.201. The van der Waals surface area contributed by atoms with E-state index in [9.17, 15) is 0 Å². The predicted octanol–water partition coefficient (Wildman–Crippen LogP) is 0.404. The van der Waals surface area contributed by atoms with E-state index in [4.69, 9.17) is 10.4 Å². The molecule has 4 heteroatoms. The number of aromatic amines is 1. The molecule has 0 aliphatic rings. The standard InChI is InChI=1S/C9H9N3O/c1-7(13)3-2-4-8-9(5-10)12-6-11-8/h6-7,13H,3H2,1H3,(H,11,12). The van der Waals surface area contributed by atoms with Crippen molar-refractivity contribution in [3.8, 4) is 17.9 Å². The van der Waals surface area contributed by atoms with E-state index in [1.807, 2.05) is 6.07 Å². The molecular weight excluding hydrogens is 166 g/mol. The Labute approximate surface area is 76.2 Å². The van der Waals surface area contributed by atoms with Crippen molar-refractivity contribution in [2.45, 2.75) is 19.4 Å². The van der Waals surface area contributed by atoms with Gasteiger partial charge in [0.2, 0.25) is 0 Å². The van der Waals surface area contributed by atoms with Crippen LogP contribution in [-0.4, -0.2) is 21.2 Å². The smallest absolute Gasteiger partial charge is 0.174 e. The Morgan fingerprint density at radius 1 is 1.77 bits per heavy atom. The lowest BCUT2D eigenvalue weighted by atomic mass is 10.2. The summed E-state index contributed by atoms with van der Waals surface area (Å²) < 4.78 is 0. The highest BCUT2D eigenvalue weighted by molar-refractivity contribution is 5.38. The molecule has 1 heterocycles. The van der Waals surface area contributed by atoms with Crippen molar-refractivity contribution in [2.75, 3.05) is 0 Å². The van der Waals surface area contributed by atoms with Crippen molar-refractivity contribution in [3.63, 3.8) is 0 Å². The van der Waals surface area contributed by atoms with Gasteiger partial charge in [0.15, 0.2) is 5.69 Å². The Morgan fingerprint density at radius 3 is 3.15 bits per heavy atom. The molecule has 0 bridgehead atoms. The molecule has 13 heavy (non-hydrogen) atoms. The van der Waals surface area contributed by atoms with E-state index in [1.165, 1.54) is 6.33 Å². The maximum absolute atomic E-state index is 8.91. The van der Waals surface area contributed by atoms with Crippen molar-refractivity contribution in [3.05, 3.63) is 17.7 Å². The van der Waals surface area contributed by atoms with Crippen molar-refractivity contribution in [2.24, 2.45) is 0 Å². The number of aromatic nitrogens is 2. The average molecular weight is 175 g/mol. The van der Waals surface area contributed by atoms with E-state index in [-0.39, 0.29) is 5.69 Å². The Hall–Kier alpha value is -1.78. The molecular formula is C9H9N3O. The van der Waals surface area contributed by atoms with Crippen LogP contribution in [0, 0.1) is 23.2 Å². The minimum atomic E-state index is -0.444. The summed E-state index contributed by atoms with van der Waals surface area (Å²) in [6.45, 7) is 1.66. The zero-order valence-corrected chi connectivity index (χ0v) is 7.20. The molecule has 0 saturated heterocycles. The van der Waals surface area contributed by atoms with Crippen LogP contribution in [0.3, 0.4) is 0 Å². The molecule has 0 amide bonds. The van der Waals surface area contributed by atoms with E-state index < -0.39 is 6.10 Å². The second-order valence-electron chi connectivity index (χ2n) is 2.59. The highest BCUT2D eigenvalue weighted by Crippen LogP contribution is 1.98. The molecule has 0 aliphatic carbocycles. The van der Waals surface area contributed by atoms with E-state index in [1.54, 1.807) is 6.92 Å². The first-order valence-corrected chi connectivity index (χ1v) is 3.84. The van der Waals surface area contributed by atoms with Gasteiger partial charge in [-0.25, -0.2) is 4.98 Å². The second kappa shape index (κ2) is 4.30. The van der Waals surface area contributed by atoms with Crippen LogP contribution in [0.2, 0.25) is 0 Å². The van der Waals surface area contributed by atoms with E-state index in [0.29, 0.717) is 12.1 Å². The van der Waals surface area contributed by atoms with E-state index >= 15 is 0 Å². The number of aliphatic hydroxyl groups excluding tert-OH is 1. The van der Waals surface area contributed by atoms with Crippen molar-refractivity contribution >= 4 is 0 Å². The normalized spacial score (nSPS) is 11.2. The molecule has 0 radical (unpaired) electrons. The van der Waals surface area contributed by atoms with Gasteiger partial charge in [-0.2, -0.15) is 5.26 Å². The lowest BCUT2D eigenvalue weighted by Crippen LogP contribution is -1.95. The molecule has 2 N–H and O–H groups in total. The number of rotatable bonds is 1. The SMILES string of the molecule is CC(O)CC#Cc1[nH]cnc1C#N. The summed E-state index contributed by atoms with van der Waals surface area (Å²) in [5, 5.41) is 17.5. The van der Waals surface area contributed by atoms with Crippen molar-refractivity contribution in [1.29, 1.82) is 5.26 Å². The number of aliphatic hydroxyl groups is 1. The van der Waals surface area contributed by atoms with Crippen LogP contribution in [0.15, 0.2) is 6.33 Å². The third-order valence-electron chi connectivity index (χ3n) is 1.36. The van der Waals surface area contributed by atoms with Gasteiger partial charge < -0.3 is 10.1 Å². The van der Waals surface area contributed by atoms with Crippen LogP contribution in [0.1, 0.15) is 24.7 Å². The lowest BCUT2D eigenvalue weighted by Gasteiger charge is -1.92. The third kappa shape index (κ3) is 2.62. The maximum atomic E-state index is 8.91. The molecule has 1 atom stereocenters. The molecule has 1 aromatic heterocycles. The summed E-state index contributed by atoms with van der Waals surface area (Å²) in [6, 6.07) is 1.91. The van der Waals surface area contributed by atoms with Crippen LogP contribution >= 0.6 is 0 Å². The summed E-state index contributed by atoms with van der Waals surface area (Å²) in [6.07, 6.45) is 1.37. The molecule has 0 spiro atoms. The van der Waals surface area contributed by atoms with Crippen LogP contribution in [0.25, 0.3) is 0 Å². The Balaban J connectivity index is 2.72. The predicted molar refractivity (Wildman–Crippen MR) is 46.5 cm³/mol. The monoisotopic (exact) mass is 175 g/mol. The van der Waals surface area contributed by atoms with Gasteiger partial charge in [0, 0.05) is 6.42 Å². The first-order valence-electron chi connectivity index (χ1n) is 3.84. The minimum absolute atomic E-state index is 0.290. The number of nitriles is 1. The van der Waals surface area contributed by atoms with Crippen LogP contribution in [0.5, 0.6) is 0 Å². The van der Waals surface area contributed by atoms with Gasteiger partial charge in [0.25, 0.3) is 0 Å². The largest absolute Gasteiger partial charge is 0.392 e. The molecule has 1 unspecified atom stereocenters. The number of H-pyrrole nitrogens is 1. The van der Waals surface area contributed by atoms with E-state index in [2.05, 4.69) is 21.8 Å². The third-order valence-corrected chi connectivity index (χ3v) is 1.36. The molecule has 0 saturated carbocycles. The van der Waals surface area contributed by atoms with Crippen LogP contribution in [-0.2, 0) is 0 Å². The number of nitrogens with zero attached hydrogens (tertiary/aromatic N) is 2. The Bertz CT molecular complexity index is 376. The van der Waals surface area contributed by atoms with Gasteiger partial charge in [-0.1, -0.05) is 5.92 Å². The number of hydrogen-bond donors (Lipinski definition) is 2. The number of hydrogen-bond acceptors (Lipinski definition) is 3.